The Hall–Kier alpha value is -2.34. The molecule has 27 heavy (non-hydrogen) atoms. The van der Waals surface area contributed by atoms with Gasteiger partial charge in [-0.3, -0.25) is 9.10 Å². The summed E-state index contributed by atoms with van der Waals surface area (Å²) in [4.78, 5) is 12.4. The number of aryl methyl sites for hydroxylation is 3. The first-order valence-electron chi connectivity index (χ1n) is 9.14. The van der Waals surface area contributed by atoms with Gasteiger partial charge in [-0.15, -0.1) is 0 Å². The van der Waals surface area contributed by atoms with Gasteiger partial charge in [0.25, 0.3) is 0 Å². The molecule has 0 aliphatic carbocycles. The van der Waals surface area contributed by atoms with Gasteiger partial charge in [-0.1, -0.05) is 31.5 Å². The fraction of sp³-hybridized carbons (Fsp3) is 0.381. The van der Waals surface area contributed by atoms with E-state index in [-0.39, 0.29) is 12.5 Å². The second-order valence-electron chi connectivity index (χ2n) is 6.89. The van der Waals surface area contributed by atoms with Gasteiger partial charge in [0.15, 0.2) is 0 Å². The van der Waals surface area contributed by atoms with Gasteiger partial charge in [0.2, 0.25) is 15.9 Å². The standard InChI is InChI=1S/C21H28N2O3S/c1-5-6-7-18-9-11-19(12-10-18)22-21(24)15-23(27(4,25)26)20-13-8-16(2)17(3)14-20/h8-14H,5-7,15H2,1-4H3,(H,22,24). The molecule has 2 rings (SSSR count). The molecule has 0 fully saturated rings. The minimum Gasteiger partial charge on any atom is -0.325 e. The van der Waals surface area contributed by atoms with E-state index in [9.17, 15) is 13.2 Å². The highest BCUT2D eigenvalue weighted by molar-refractivity contribution is 7.92. The van der Waals surface area contributed by atoms with Crippen molar-refractivity contribution in [2.24, 2.45) is 0 Å². The summed E-state index contributed by atoms with van der Waals surface area (Å²) in [5, 5.41) is 2.78. The first-order chi connectivity index (χ1) is 12.7. The Morgan fingerprint density at radius 1 is 1.04 bits per heavy atom. The molecule has 0 atom stereocenters. The topological polar surface area (TPSA) is 66.5 Å². The number of nitrogens with zero attached hydrogens (tertiary/aromatic N) is 1. The number of hydrogen-bond donors (Lipinski definition) is 1. The molecule has 1 N–H and O–H groups in total. The smallest absolute Gasteiger partial charge is 0.245 e. The van der Waals surface area contributed by atoms with Gasteiger partial charge in [0.05, 0.1) is 11.9 Å². The summed E-state index contributed by atoms with van der Waals surface area (Å²) in [6.45, 7) is 5.76. The molecule has 0 radical (unpaired) electrons. The van der Waals surface area contributed by atoms with Crippen molar-refractivity contribution in [3.05, 3.63) is 59.2 Å². The van der Waals surface area contributed by atoms with E-state index in [4.69, 9.17) is 0 Å². The maximum absolute atomic E-state index is 12.4. The first-order valence-corrected chi connectivity index (χ1v) is 11.0. The fourth-order valence-electron chi connectivity index (χ4n) is 2.75. The van der Waals surface area contributed by atoms with Crippen molar-refractivity contribution < 1.29 is 13.2 Å². The zero-order valence-corrected chi connectivity index (χ0v) is 17.3. The van der Waals surface area contributed by atoms with Crippen LogP contribution < -0.4 is 9.62 Å². The highest BCUT2D eigenvalue weighted by Crippen LogP contribution is 2.21. The van der Waals surface area contributed by atoms with Crippen molar-refractivity contribution in [3.8, 4) is 0 Å². The molecule has 5 nitrogen and oxygen atoms in total. The minimum absolute atomic E-state index is 0.265. The first kappa shape index (κ1) is 21.0. The van der Waals surface area contributed by atoms with Crippen LogP contribution in [0.5, 0.6) is 0 Å². The van der Waals surface area contributed by atoms with Gasteiger partial charge >= 0.3 is 0 Å². The number of unbranched alkanes of at least 4 members (excludes halogenated alkanes) is 1. The molecule has 0 aromatic heterocycles. The number of carbonyl (C=O) groups excluding carboxylic acids is 1. The second-order valence-corrected chi connectivity index (χ2v) is 8.79. The number of nitrogens with one attached hydrogen (secondary N) is 1. The van der Waals surface area contributed by atoms with Crippen molar-refractivity contribution in [1.82, 2.24) is 0 Å². The Morgan fingerprint density at radius 3 is 2.26 bits per heavy atom. The van der Waals surface area contributed by atoms with Crippen molar-refractivity contribution in [2.45, 2.75) is 40.0 Å². The predicted octanol–water partition coefficient (Wildman–Crippen LogP) is 4.05. The largest absolute Gasteiger partial charge is 0.325 e. The molecule has 6 heteroatoms. The molecule has 0 aliphatic rings. The van der Waals surface area contributed by atoms with Gasteiger partial charge < -0.3 is 5.32 Å². The summed E-state index contributed by atoms with van der Waals surface area (Å²) in [6.07, 6.45) is 4.39. The summed E-state index contributed by atoms with van der Waals surface area (Å²) in [6, 6.07) is 13.0. The number of hydrogen-bond acceptors (Lipinski definition) is 3. The van der Waals surface area contributed by atoms with E-state index in [1.165, 1.54) is 5.56 Å². The van der Waals surface area contributed by atoms with E-state index in [1.807, 2.05) is 44.2 Å². The number of sulfonamides is 1. The molecule has 2 aromatic carbocycles. The van der Waals surface area contributed by atoms with Gasteiger partial charge in [0, 0.05) is 5.69 Å². The van der Waals surface area contributed by atoms with E-state index >= 15 is 0 Å². The quantitative estimate of drug-likeness (QED) is 0.742. The Labute approximate surface area is 162 Å². The maximum atomic E-state index is 12.4. The Bertz CT molecular complexity index is 890. The lowest BCUT2D eigenvalue weighted by molar-refractivity contribution is -0.114. The van der Waals surface area contributed by atoms with E-state index in [2.05, 4.69) is 12.2 Å². The summed E-state index contributed by atoms with van der Waals surface area (Å²) >= 11 is 0. The van der Waals surface area contributed by atoms with Crippen LogP contribution in [0.4, 0.5) is 11.4 Å². The number of rotatable bonds is 8. The highest BCUT2D eigenvalue weighted by Gasteiger charge is 2.21. The molecule has 0 saturated carbocycles. The minimum atomic E-state index is -3.58. The Kier molecular flexibility index (Phi) is 7.02. The lowest BCUT2D eigenvalue weighted by atomic mass is 10.1. The van der Waals surface area contributed by atoms with E-state index < -0.39 is 10.0 Å². The summed E-state index contributed by atoms with van der Waals surface area (Å²) in [5.41, 5.74) is 4.42. The Morgan fingerprint density at radius 2 is 1.70 bits per heavy atom. The summed E-state index contributed by atoms with van der Waals surface area (Å²) < 4.78 is 25.5. The molecule has 0 unspecified atom stereocenters. The average Bonchev–Trinajstić information content (AvgIpc) is 2.60. The maximum Gasteiger partial charge on any atom is 0.245 e. The Balaban J connectivity index is 2.11. The second kappa shape index (κ2) is 9.04. The number of anilines is 2. The molecule has 0 spiro atoms. The molecule has 0 bridgehead atoms. The van der Waals surface area contributed by atoms with Crippen molar-refractivity contribution in [1.29, 1.82) is 0 Å². The summed E-state index contributed by atoms with van der Waals surface area (Å²) in [5.74, 6) is -0.375. The van der Waals surface area contributed by atoms with Crippen molar-refractivity contribution in [3.63, 3.8) is 0 Å². The lowest BCUT2D eigenvalue weighted by Crippen LogP contribution is -2.37. The predicted molar refractivity (Wildman–Crippen MR) is 112 cm³/mol. The van der Waals surface area contributed by atoms with Gasteiger partial charge in [-0.05, 0) is 67.6 Å². The SMILES string of the molecule is CCCCc1ccc(NC(=O)CN(c2ccc(C)c(C)c2)S(C)(=O)=O)cc1. The van der Waals surface area contributed by atoms with Gasteiger partial charge in [-0.2, -0.15) is 0 Å². The molecule has 146 valence electrons. The zero-order valence-electron chi connectivity index (χ0n) is 16.5. The van der Waals surface area contributed by atoms with Crippen LogP contribution in [0.3, 0.4) is 0 Å². The lowest BCUT2D eigenvalue weighted by Gasteiger charge is -2.22. The van der Waals surface area contributed by atoms with Crippen LogP contribution in [-0.4, -0.2) is 27.1 Å². The van der Waals surface area contributed by atoms with Crippen molar-refractivity contribution >= 4 is 27.3 Å². The third kappa shape index (κ3) is 6.10. The molecular weight excluding hydrogens is 360 g/mol. The molecule has 2 aromatic rings. The van der Waals surface area contributed by atoms with E-state index in [0.29, 0.717) is 11.4 Å². The third-order valence-electron chi connectivity index (χ3n) is 4.52. The van der Waals surface area contributed by atoms with Crippen LogP contribution in [-0.2, 0) is 21.2 Å². The van der Waals surface area contributed by atoms with E-state index in [0.717, 1.165) is 41.0 Å². The van der Waals surface area contributed by atoms with Crippen LogP contribution in [0.1, 0.15) is 36.5 Å². The number of benzene rings is 2. The normalized spacial score (nSPS) is 11.3. The molecule has 0 aliphatic heterocycles. The molecule has 0 saturated heterocycles. The highest BCUT2D eigenvalue weighted by atomic mass is 32.2. The molecule has 1 amide bonds. The van der Waals surface area contributed by atoms with Crippen LogP contribution in [0.2, 0.25) is 0 Å². The number of amides is 1. The van der Waals surface area contributed by atoms with Crippen LogP contribution in [0, 0.1) is 13.8 Å². The van der Waals surface area contributed by atoms with Crippen LogP contribution in [0.15, 0.2) is 42.5 Å². The van der Waals surface area contributed by atoms with Crippen LogP contribution in [0.25, 0.3) is 0 Å². The third-order valence-corrected chi connectivity index (χ3v) is 5.66. The van der Waals surface area contributed by atoms with Gasteiger partial charge in [-0.25, -0.2) is 8.42 Å². The fourth-order valence-corrected chi connectivity index (χ4v) is 3.60. The molecular formula is C21H28N2O3S. The zero-order chi connectivity index (χ0) is 20.0. The van der Waals surface area contributed by atoms with Crippen molar-refractivity contribution in [2.75, 3.05) is 22.4 Å². The number of carbonyl (C=O) groups is 1. The van der Waals surface area contributed by atoms with Gasteiger partial charge in [0.1, 0.15) is 6.54 Å². The summed E-state index contributed by atoms with van der Waals surface area (Å²) in [7, 11) is -3.58. The average molecular weight is 389 g/mol. The monoisotopic (exact) mass is 388 g/mol. The van der Waals surface area contributed by atoms with Crippen LogP contribution >= 0.6 is 0 Å². The molecule has 0 heterocycles. The van der Waals surface area contributed by atoms with E-state index in [1.54, 1.807) is 12.1 Å².